The van der Waals surface area contributed by atoms with Gasteiger partial charge in [-0.05, 0) is 24.9 Å². The highest BCUT2D eigenvalue weighted by molar-refractivity contribution is 7.89. The van der Waals surface area contributed by atoms with Crippen molar-refractivity contribution in [2.24, 2.45) is 13.0 Å². The number of sulfonamides is 1. The third-order valence-corrected chi connectivity index (χ3v) is 4.92. The standard InChI is InChI=1S/C13H23N3O2S/c1-3-14-9-12-8-13(10-16(12)2)19(17,18)15-7-6-11-4-5-11/h8,10-11,14-15H,3-7,9H2,1-2H3. The van der Waals surface area contributed by atoms with Crippen LogP contribution in [-0.4, -0.2) is 26.1 Å². The molecule has 108 valence electrons. The van der Waals surface area contributed by atoms with E-state index in [0.29, 0.717) is 18.0 Å². The molecule has 0 aromatic carbocycles. The first-order valence-electron chi connectivity index (χ1n) is 6.88. The molecule has 1 fully saturated rings. The first-order chi connectivity index (χ1) is 9.03. The SMILES string of the molecule is CCNCc1cc(S(=O)(=O)NCCC2CC2)cn1C. The molecule has 19 heavy (non-hydrogen) atoms. The molecule has 1 saturated carbocycles. The fourth-order valence-electron chi connectivity index (χ4n) is 2.04. The van der Waals surface area contributed by atoms with Crippen molar-refractivity contribution in [2.75, 3.05) is 13.1 Å². The number of nitrogens with zero attached hydrogens (tertiary/aromatic N) is 1. The lowest BCUT2D eigenvalue weighted by Gasteiger charge is -2.03. The van der Waals surface area contributed by atoms with E-state index in [0.717, 1.165) is 24.6 Å². The maximum absolute atomic E-state index is 12.1. The Kier molecular flexibility index (Phi) is 4.65. The van der Waals surface area contributed by atoms with E-state index in [4.69, 9.17) is 0 Å². The Bertz CT molecular complexity index is 518. The molecule has 1 heterocycles. The van der Waals surface area contributed by atoms with Crippen LogP contribution in [0, 0.1) is 5.92 Å². The molecular formula is C13H23N3O2S. The zero-order valence-electron chi connectivity index (χ0n) is 11.6. The van der Waals surface area contributed by atoms with Crippen molar-refractivity contribution >= 4 is 10.0 Å². The Hall–Kier alpha value is -0.850. The van der Waals surface area contributed by atoms with E-state index in [1.165, 1.54) is 12.8 Å². The summed E-state index contributed by atoms with van der Waals surface area (Å²) in [5.41, 5.74) is 0.976. The summed E-state index contributed by atoms with van der Waals surface area (Å²) in [6, 6.07) is 1.74. The van der Waals surface area contributed by atoms with Crippen LogP contribution in [0.3, 0.4) is 0 Å². The summed E-state index contributed by atoms with van der Waals surface area (Å²) in [6.07, 6.45) is 5.13. The normalized spacial score (nSPS) is 15.9. The molecule has 2 rings (SSSR count). The predicted octanol–water partition coefficient (Wildman–Crippen LogP) is 1.21. The molecule has 0 radical (unpaired) electrons. The predicted molar refractivity (Wildman–Crippen MR) is 75.3 cm³/mol. The van der Waals surface area contributed by atoms with Crippen LogP contribution < -0.4 is 10.0 Å². The van der Waals surface area contributed by atoms with E-state index in [-0.39, 0.29) is 0 Å². The molecule has 1 aromatic rings. The minimum atomic E-state index is -3.35. The average molecular weight is 285 g/mol. The molecule has 0 aliphatic heterocycles. The van der Waals surface area contributed by atoms with Crippen LogP contribution >= 0.6 is 0 Å². The summed E-state index contributed by atoms with van der Waals surface area (Å²) >= 11 is 0. The number of hydrogen-bond donors (Lipinski definition) is 2. The molecule has 5 nitrogen and oxygen atoms in total. The third kappa shape index (κ3) is 4.06. The van der Waals surface area contributed by atoms with Crippen LogP contribution in [0.25, 0.3) is 0 Å². The number of aryl methyl sites for hydroxylation is 1. The van der Waals surface area contributed by atoms with E-state index >= 15 is 0 Å². The van der Waals surface area contributed by atoms with Gasteiger partial charge in [0.1, 0.15) is 0 Å². The fourth-order valence-corrected chi connectivity index (χ4v) is 3.18. The number of hydrogen-bond acceptors (Lipinski definition) is 3. The molecule has 1 aliphatic carbocycles. The smallest absolute Gasteiger partial charge is 0.242 e. The summed E-state index contributed by atoms with van der Waals surface area (Å²) in [5, 5.41) is 3.20. The van der Waals surface area contributed by atoms with Crippen LogP contribution in [0.2, 0.25) is 0 Å². The minimum Gasteiger partial charge on any atom is -0.352 e. The van der Waals surface area contributed by atoms with Crippen molar-refractivity contribution in [3.05, 3.63) is 18.0 Å². The van der Waals surface area contributed by atoms with Gasteiger partial charge in [-0.15, -0.1) is 0 Å². The lowest BCUT2D eigenvalue weighted by molar-refractivity contribution is 0.575. The molecule has 0 spiro atoms. The zero-order valence-corrected chi connectivity index (χ0v) is 12.5. The molecule has 2 N–H and O–H groups in total. The molecule has 0 saturated heterocycles. The van der Waals surface area contributed by atoms with E-state index in [2.05, 4.69) is 10.0 Å². The van der Waals surface area contributed by atoms with Gasteiger partial charge < -0.3 is 9.88 Å². The van der Waals surface area contributed by atoms with Gasteiger partial charge >= 0.3 is 0 Å². The fraction of sp³-hybridized carbons (Fsp3) is 0.692. The first-order valence-corrected chi connectivity index (χ1v) is 8.37. The summed E-state index contributed by atoms with van der Waals surface area (Å²) in [6.45, 7) is 4.13. The van der Waals surface area contributed by atoms with Gasteiger partial charge in [-0.2, -0.15) is 0 Å². The van der Waals surface area contributed by atoms with Gasteiger partial charge in [0.05, 0.1) is 4.90 Å². The number of nitrogens with one attached hydrogen (secondary N) is 2. The maximum atomic E-state index is 12.1. The van der Waals surface area contributed by atoms with Crippen molar-refractivity contribution in [3.63, 3.8) is 0 Å². The topological polar surface area (TPSA) is 63.1 Å². The van der Waals surface area contributed by atoms with Crippen LogP contribution in [0.4, 0.5) is 0 Å². The van der Waals surface area contributed by atoms with Crippen molar-refractivity contribution in [1.29, 1.82) is 0 Å². The van der Waals surface area contributed by atoms with Crippen molar-refractivity contribution < 1.29 is 8.42 Å². The van der Waals surface area contributed by atoms with Gasteiger partial charge in [-0.1, -0.05) is 19.8 Å². The Labute approximate surface area is 115 Å². The van der Waals surface area contributed by atoms with Gasteiger partial charge in [0.15, 0.2) is 0 Å². The molecule has 6 heteroatoms. The summed E-state index contributed by atoms with van der Waals surface area (Å²) < 4.78 is 28.8. The third-order valence-electron chi connectivity index (χ3n) is 3.49. The molecule has 1 aromatic heterocycles. The summed E-state index contributed by atoms with van der Waals surface area (Å²) in [4.78, 5) is 0.360. The highest BCUT2D eigenvalue weighted by atomic mass is 32.2. The highest BCUT2D eigenvalue weighted by Gasteiger charge is 2.22. The van der Waals surface area contributed by atoms with E-state index in [9.17, 15) is 8.42 Å². The van der Waals surface area contributed by atoms with Gasteiger partial charge in [0.2, 0.25) is 10.0 Å². The Morgan fingerprint density at radius 2 is 2.16 bits per heavy atom. The largest absolute Gasteiger partial charge is 0.352 e. The lowest BCUT2D eigenvalue weighted by Crippen LogP contribution is -2.24. The second-order valence-electron chi connectivity index (χ2n) is 5.19. The Balaban J connectivity index is 1.97. The number of rotatable bonds is 8. The zero-order chi connectivity index (χ0) is 13.9. The first kappa shape index (κ1) is 14.6. The highest BCUT2D eigenvalue weighted by Crippen LogP contribution is 2.31. The quantitative estimate of drug-likeness (QED) is 0.755. The summed E-state index contributed by atoms with van der Waals surface area (Å²) in [7, 11) is -1.48. The van der Waals surface area contributed by atoms with E-state index < -0.39 is 10.0 Å². The molecular weight excluding hydrogens is 262 g/mol. The molecule has 0 amide bonds. The second kappa shape index (κ2) is 6.07. The monoisotopic (exact) mass is 285 g/mol. The molecule has 0 atom stereocenters. The van der Waals surface area contributed by atoms with Crippen molar-refractivity contribution in [1.82, 2.24) is 14.6 Å². The van der Waals surface area contributed by atoms with Crippen LogP contribution in [0.5, 0.6) is 0 Å². The van der Waals surface area contributed by atoms with E-state index in [1.54, 1.807) is 12.3 Å². The van der Waals surface area contributed by atoms with Crippen LogP contribution in [0.1, 0.15) is 31.9 Å². The second-order valence-corrected chi connectivity index (χ2v) is 6.96. The summed E-state index contributed by atoms with van der Waals surface area (Å²) in [5.74, 6) is 0.739. The van der Waals surface area contributed by atoms with Crippen molar-refractivity contribution in [3.8, 4) is 0 Å². The van der Waals surface area contributed by atoms with Gasteiger partial charge in [0, 0.05) is 32.0 Å². The maximum Gasteiger partial charge on any atom is 0.242 e. The van der Waals surface area contributed by atoms with Gasteiger partial charge in [-0.25, -0.2) is 13.1 Å². The Morgan fingerprint density at radius 3 is 2.79 bits per heavy atom. The van der Waals surface area contributed by atoms with Crippen LogP contribution in [-0.2, 0) is 23.6 Å². The Morgan fingerprint density at radius 1 is 1.42 bits per heavy atom. The van der Waals surface area contributed by atoms with Gasteiger partial charge in [0.25, 0.3) is 0 Å². The average Bonchev–Trinajstić information content (AvgIpc) is 3.09. The van der Waals surface area contributed by atoms with Crippen molar-refractivity contribution in [2.45, 2.75) is 37.6 Å². The number of aromatic nitrogens is 1. The molecule has 0 unspecified atom stereocenters. The lowest BCUT2D eigenvalue weighted by atomic mass is 10.3. The van der Waals surface area contributed by atoms with Gasteiger partial charge in [-0.3, -0.25) is 0 Å². The minimum absolute atomic E-state index is 0.360. The molecule has 1 aliphatic rings. The molecule has 0 bridgehead atoms. The van der Waals surface area contributed by atoms with E-state index in [1.807, 2.05) is 18.5 Å². The van der Waals surface area contributed by atoms with Crippen LogP contribution in [0.15, 0.2) is 17.2 Å².